The van der Waals surface area contributed by atoms with Crippen molar-refractivity contribution >= 4 is 6.08 Å². The molecule has 0 amide bonds. The summed E-state index contributed by atoms with van der Waals surface area (Å²) in [4.78, 5) is 9.84. The minimum atomic E-state index is -0.533. The molecule has 23 heavy (non-hydrogen) atoms. The van der Waals surface area contributed by atoms with E-state index in [4.69, 9.17) is 9.47 Å². The number of ether oxygens (including phenoxy) is 2. The first-order valence-corrected chi connectivity index (χ1v) is 7.04. The van der Waals surface area contributed by atoms with Crippen LogP contribution in [-0.4, -0.2) is 11.5 Å². The highest BCUT2D eigenvalue weighted by atomic mass is 19.1. The summed E-state index contributed by atoms with van der Waals surface area (Å²) in [6, 6.07) is 11.2. The number of benzene rings is 2. The highest BCUT2D eigenvalue weighted by molar-refractivity contribution is 5.55. The molecule has 0 aliphatic carbocycles. The Bertz CT molecular complexity index is 715. The van der Waals surface area contributed by atoms with Crippen LogP contribution in [0.5, 0.6) is 11.5 Å². The average Bonchev–Trinajstić information content (AvgIpc) is 2.52. The number of nitrogens with zero attached hydrogens (tertiary/aromatic N) is 1. The Morgan fingerprint density at radius 1 is 1.17 bits per heavy atom. The van der Waals surface area contributed by atoms with Gasteiger partial charge in [0, 0.05) is 6.08 Å². The van der Waals surface area contributed by atoms with E-state index >= 15 is 0 Å². The Balaban J connectivity index is 2.15. The molecule has 0 fully saturated rings. The largest absolute Gasteiger partial charge is 0.490 e. The maximum atomic E-state index is 13.2. The second-order valence-electron chi connectivity index (χ2n) is 4.66. The van der Waals surface area contributed by atoms with Crippen molar-refractivity contribution in [2.45, 2.75) is 13.5 Å². The molecule has 0 spiro atoms. The third-order valence-corrected chi connectivity index (χ3v) is 2.94. The molecule has 2 rings (SSSR count). The van der Waals surface area contributed by atoms with Crippen molar-refractivity contribution in [3.05, 3.63) is 75.7 Å². The first kappa shape index (κ1) is 16.5. The lowest BCUT2D eigenvalue weighted by atomic mass is 10.2. The summed E-state index contributed by atoms with van der Waals surface area (Å²) < 4.78 is 24.3. The Morgan fingerprint density at radius 3 is 2.70 bits per heavy atom. The van der Waals surface area contributed by atoms with Gasteiger partial charge < -0.3 is 9.47 Å². The summed E-state index contributed by atoms with van der Waals surface area (Å²) >= 11 is 0. The minimum Gasteiger partial charge on any atom is -0.490 e. The van der Waals surface area contributed by atoms with E-state index in [-0.39, 0.29) is 12.4 Å². The lowest BCUT2D eigenvalue weighted by Crippen LogP contribution is -2.00. The Kier molecular flexibility index (Phi) is 5.68. The molecule has 120 valence electrons. The van der Waals surface area contributed by atoms with Crippen LogP contribution in [0.15, 0.2) is 48.7 Å². The zero-order valence-electron chi connectivity index (χ0n) is 12.6. The first-order valence-electron chi connectivity index (χ1n) is 7.04. The second-order valence-corrected chi connectivity index (χ2v) is 4.66. The normalized spacial score (nSPS) is 10.7. The van der Waals surface area contributed by atoms with Crippen LogP contribution in [0.3, 0.4) is 0 Å². The lowest BCUT2D eigenvalue weighted by Gasteiger charge is -2.12. The van der Waals surface area contributed by atoms with Gasteiger partial charge in [0.1, 0.15) is 12.4 Å². The Labute approximate surface area is 133 Å². The van der Waals surface area contributed by atoms with E-state index in [0.717, 1.165) is 6.20 Å². The lowest BCUT2D eigenvalue weighted by molar-refractivity contribution is -0.400. The topological polar surface area (TPSA) is 61.6 Å². The third-order valence-electron chi connectivity index (χ3n) is 2.94. The molecule has 0 radical (unpaired) electrons. The predicted octanol–water partition coefficient (Wildman–Crippen LogP) is 4.05. The number of halogens is 1. The molecule has 2 aromatic rings. The molecular formula is C17H16FNO4. The van der Waals surface area contributed by atoms with Crippen molar-refractivity contribution in [1.29, 1.82) is 0 Å². The van der Waals surface area contributed by atoms with Gasteiger partial charge in [-0.3, -0.25) is 10.1 Å². The molecular weight excluding hydrogens is 301 g/mol. The average molecular weight is 317 g/mol. The van der Waals surface area contributed by atoms with Crippen molar-refractivity contribution in [3.8, 4) is 11.5 Å². The van der Waals surface area contributed by atoms with Crippen LogP contribution < -0.4 is 9.47 Å². The van der Waals surface area contributed by atoms with Crippen molar-refractivity contribution in [3.63, 3.8) is 0 Å². The van der Waals surface area contributed by atoms with E-state index in [1.807, 2.05) is 6.92 Å². The molecule has 0 aliphatic rings. The Morgan fingerprint density at radius 2 is 2.00 bits per heavy atom. The molecule has 0 atom stereocenters. The van der Waals surface area contributed by atoms with Gasteiger partial charge in [0.05, 0.1) is 11.5 Å². The van der Waals surface area contributed by atoms with Gasteiger partial charge in [0.15, 0.2) is 11.5 Å². The van der Waals surface area contributed by atoms with Crippen LogP contribution in [-0.2, 0) is 6.61 Å². The van der Waals surface area contributed by atoms with Crippen LogP contribution >= 0.6 is 0 Å². The van der Waals surface area contributed by atoms with E-state index in [0.29, 0.717) is 29.2 Å². The molecule has 0 aliphatic heterocycles. The van der Waals surface area contributed by atoms with Gasteiger partial charge in [-0.05, 0) is 42.3 Å². The van der Waals surface area contributed by atoms with Crippen LogP contribution in [0.1, 0.15) is 18.1 Å². The minimum absolute atomic E-state index is 0.196. The van der Waals surface area contributed by atoms with Gasteiger partial charge in [-0.15, -0.1) is 0 Å². The molecule has 5 nitrogen and oxygen atoms in total. The molecule has 0 saturated carbocycles. The number of hydrogen-bond acceptors (Lipinski definition) is 4. The van der Waals surface area contributed by atoms with Crippen LogP contribution in [0.2, 0.25) is 0 Å². The molecule has 6 heteroatoms. The van der Waals surface area contributed by atoms with Gasteiger partial charge in [-0.1, -0.05) is 18.2 Å². The maximum absolute atomic E-state index is 13.2. The van der Waals surface area contributed by atoms with Crippen molar-refractivity contribution in [2.75, 3.05) is 6.61 Å². The fourth-order valence-corrected chi connectivity index (χ4v) is 1.95. The fourth-order valence-electron chi connectivity index (χ4n) is 1.95. The fraction of sp³-hybridized carbons (Fsp3) is 0.176. The smallest absolute Gasteiger partial charge is 0.235 e. The van der Waals surface area contributed by atoms with E-state index < -0.39 is 4.92 Å². The summed E-state index contributed by atoms with van der Waals surface area (Å²) in [7, 11) is 0. The molecule has 0 unspecified atom stereocenters. The SMILES string of the molecule is CCOc1cc(/C=C/[N+](=O)[O-])ccc1OCc1cccc(F)c1. The van der Waals surface area contributed by atoms with Crippen molar-refractivity contribution in [1.82, 2.24) is 0 Å². The van der Waals surface area contributed by atoms with E-state index in [9.17, 15) is 14.5 Å². The number of hydrogen-bond donors (Lipinski definition) is 0. The van der Waals surface area contributed by atoms with Gasteiger partial charge in [0.2, 0.25) is 6.20 Å². The third kappa shape index (κ3) is 5.10. The van der Waals surface area contributed by atoms with Crippen LogP contribution in [0, 0.1) is 15.9 Å². The molecule has 0 saturated heterocycles. The van der Waals surface area contributed by atoms with E-state index in [2.05, 4.69) is 0 Å². The zero-order chi connectivity index (χ0) is 16.7. The summed E-state index contributed by atoms with van der Waals surface area (Å²) in [5, 5.41) is 10.4. The molecule has 0 heterocycles. The highest BCUT2D eigenvalue weighted by Gasteiger charge is 2.07. The molecule has 0 aromatic heterocycles. The summed E-state index contributed by atoms with van der Waals surface area (Å²) in [5.74, 6) is 0.653. The van der Waals surface area contributed by atoms with Crippen molar-refractivity contribution in [2.24, 2.45) is 0 Å². The van der Waals surface area contributed by atoms with Crippen LogP contribution in [0.4, 0.5) is 4.39 Å². The number of nitro groups is 1. The van der Waals surface area contributed by atoms with Crippen LogP contribution in [0.25, 0.3) is 6.08 Å². The number of rotatable bonds is 7. The van der Waals surface area contributed by atoms with E-state index in [1.165, 1.54) is 18.2 Å². The second kappa shape index (κ2) is 7.93. The molecule has 0 bridgehead atoms. The Hall–Kier alpha value is -2.89. The predicted molar refractivity (Wildman–Crippen MR) is 84.4 cm³/mol. The van der Waals surface area contributed by atoms with E-state index in [1.54, 1.807) is 30.3 Å². The summed E-state index contributed by atoms with van der Waals surface area (Å²) in [5.41, 5.74) is 1.33. The molecule has 2 aromatic carbocycles. The zero-order valence-corrected chi connectivity index (χ0v) is 12.6. The van der Waals surface area contributed by atoms with Gasteiger partial charge >= 0.3 is 0 Å². The van der Waals surface area contributed by atoms with Gasteiger partial charge in [-0.25, -0.2) is 4.39 Å². The van der Waals surface area contributed by atoms with Gasteiger partial charge in [0.25, 0.3) is 0 Å². The monoisotopic (exact) mass is 317 g/mol. The summed E-state index contributed by atoms with van der Waals surface area (Å²) in [6.45, 7) is 2.45. The maximum Gasteiger partial charge on any atom is 0.235 e. The summed E-state index contributed by atoms with van der Waals surface area (Å²) in [6.07, 6.45) is 2.23. The standard InChI is InChI=1S/C17H16FNO4/c1-2-22-17-11-13(8-9-19(20)21)6-7-16(17)23-12-14-4-3-5-15(18)10-14/h3-11H,2,12H2,1H3/b9-8+. The van der Waals surface area contributed by atoms with Crippen molar-refractivity contribution < 1.29 is 18.8 Å². The first-order chi connectivity index (χ1) is 11.1. The molecule has 0 N–H and O–H groups in total. The highest BCUT2D eigenvalue weighted by Crippen LogP contribution is 2.29. The van der Waals surface area contributed by atoms with Gasteiger partial charge in [-0.2, -0.15) is 0 Å². The quantitative estimate of drug-likeness (QED) is 0.571.